The number of H-pyrrole nitrogens is 1. The van der Waals surface area contributed by atoms with Crippen molar-refractivity contribution < 1.29 is 4.74 Å². The van der Waals surface area contributed by atoms with E-state index in [4.69, 9.17) is 4.74 Å². The summed E-state index contributed by atoms with van der Waals surface area (Å²) >= 11 is 1.60. The van der Waals surface area contributed by atoms with Gasteiger partial charge in [0.05, 0.1) is 7.11 Å². The van der Waals surface area contributed by atoms with E-state index in [1.165, 1.54) is 0 Å². The van der Waals surface area contributed by atoms with Gasteiger partial charge >= 0.3 is 0 Å². The quantitative estimate of drug-likeness (QED) is 0.887. The maximum atomic E-state index is 5.31. The summed E-state index contributed by atoms with van der Waals surface area (Å²) in [5.41, 5.74) is 0. The number of hydrogen-bond donors (Lipinski definition) is 2. The molecule has 2 aromatic heterocycles. The van der Waals surface area contributed by atoms with E-state index in [0.29, 0.717) is 6.04 Å². The zero-order chi connectivity index (χ0) is 13.2. The molecule has 2 N–H and O–H groups in total. The second kappa shape index (κ2) is 5.18. The molecule has 0 amide bonds. The first kappa shape index (κ1) is 12.4. The van der Waals surface area contributed by atoms with Gasteiger partial charge in [-0.2, -0.15) is 4.98 Å². The van der Waals surface area contributed by atoms with Gasteiger partial charge in [-0.25, -0.2) is 0 Å². The molecule has 0 aromatic carbocycles. The largest absolute Gasteiger partial charge is 0.495 e. The van der Waals surface area contributed by atoms with Crippen LogP contribution in [0, 0.1) is 0 Å². The smallest absolute Gasteiger partial charge is 0.245 e. The van der Waals surface area contributed by atoms with Crippen molar-refractivity contribution >= 4 is 17.3 Å². The number of thiophene rings is 1. The molecule has 1 saturated heterocycles. The van der Waals surface area contributed by atoms with E-state index in [1.54, 1.807) is 18.4 Å². The monoisotopic (exact) mass is 279 g/mol. The molecule has 3 heterocycles. The molecule has 0 spiro atoms. The van der Waals surface area contributed by atoms with Gasteiger partial charge in [-0.1, -0.05) is 0 Å². The molecule has 0 aliphatic carbocycles. The van der Waals surface area contributed by atoms with Gasteiger partial charge < -0.3 is 15.0 Å². The molecular weight excluding hydrogens is 262 g/mol. The van der Waals surface area contributed by atoms with Crippen molar-refractivity contribution in [3.05, 3.63) is 11.4 Å². The van der Waals surface area contributed by atoms with Gasteiger partial charge in [0, 0.05) is 25.7 Å². The molecular formula is C12H17N5OS. The van der Waals surface area contributed by atoms with Gasteiger partial charge in [-0.3, -0.25) is 5.10 Å². The average Bonchev–Trinajstić information content (AvgIpc) is 3.07. The number of nitrogens with one attached hydrogen (secondary N) is 2. The van der Waals surface area contributed by atoms with E-state index in [2.05, 4.69) is 32.3 Å². The van der Waals surface area contributed by atoms with Gasteiger partial charge in [0.15, 0.2) is 5.82 Å². The molecule has 1 aliphatic rings. The summed E-state index contributed by atoms with van der Waals surface area (Å²) < 4.78 is 5.31. The maximum Gasteiger partial charge on any atom is 0.245 e. The maximum absolute atomic E-state index is 5.31. The Bertz CT molecular complexity index is 552. The molecule has 3 rings (SSSR count). The molecule has 2 aromatic rings. The molecule has 102 valence electrons. The number of piperazine rings is 1. The molecule has 1 aliphatic heterocycles. The normalized spacial score (nSPS) is 19.7. The van der Waals surface area contributed by atoms with Crippen LogP contribution in [-0.2, 0) is 0 Å². The van der Waals surface area contributed by atoms with Crippen LogP contribution in [0.15, 0.2) is 11.4 Å². The minimum atomic E-state index is 0.465. The van der Waals surface area contributed by atoms with Gasteiger partial charge in [-0.05, 0) is 18.4 Å². The Kier molecular flexibility index (Phi) is 3.39. The minimum absolute atomic E-state index is 0.465. The lowest BCUT2D eigenvalue weighted by Crippen LogP contribution is -2.49. The summed E-state index contributed by atoms with van der Waals surface area (Å²) in [7, 11) is 1.67. The highest BCUT2D eigenvalue weighted by Crippen LogP contribution is 2.33. The van der Waals surface area contributed by atoms with Crippen molar-refractivity contribution in [3.8, 4) is 16.5 Å². The summed E-state index contributed by atoms with van der Waals surface area (Å²) in [5, 5.41) is 12.7. The Morgan fingerprint density at radius 2 is 2.42 bits per heavy atom. The highest BCUT2D eigenvalue weighted by molar-refractivity contribution is 7.13. The van der Waals surface area contributed by atoms with Crippen molar-refractivity contribution in [1.29, 1.82) is 0 Å². The van der Waals surface area contributed by atoms with Gasteiger partial charge in [0.1, 0.15) is 10.6 Å². The molecule has 6 nitrogen and oxygen atoms in total. The lowest BCUT2D eigenvalue weighted by Gasteiger charge is -2.30. The first-order valence-electron chi connectivity index (χ1n) is 6.30. The fourth-order valence-corrected chi connectivity index (χ4v) is 3.04. The molecule has 0 saturated carbocycles. The fraction of sp³-hybridized carbons (Fsp3) is 0.500. The predicted molar refractivity (Wildman–Crippen MR) is 75.9 cm³/mol. The highest BCUT2D eigenvalue weighted by Gasteiger charge is 2.20. The van der Waals surface area contributed by atoms with Crippen molar-refractivity contribution in [2.45, 2.75) is 13.0 Å². The topological polar surface area (TPSA) is 66.1 Å². The third-order valence-corrected chi connectivity index (χ3v) is 4.09. The van der Waals surface area contributed by atoms with Crippen LogP contribution >= 0.6 is 11.3 Å². The van der Waals surface area contributed by atoms with E-state index in [1.807, 2.05) is 11.4 Å². The Morgan fingerprint density at radius 3 is 3.21 bits per heavy atom. The van der Waals surface area contributed by atoms with E-state index >= 15 is 0 Å². The van der Waals surface area contributed by atoms with Crippen LogP contribution in [-0.4, -0.2) is 48.0 Å². The third kappa shape index (κ3) is 2.43. The first-order chi connectivity index (χ1) is 9.28. The molecule has 1 unspecified atom stereocenters. The number of aromatic amines is 1. The Balaban J connectivity index is 1.83. The summed E-state index contributed by atoms with van der Waals surface area (Å²) in [5.74, 6) is 2.37. The Morgan fingerprint density at radius 1 is 1.53 bits per heavy atom. The van der Waals surface area contributed by atoms with Crippen LogP contribution in [0.1, 0.15) is 6.92 Å². The fourth-order valence-electron chi connectivity index (χ4n) is 2.24. The van der Waals surface area contributed by atoms with Crippen LogP contribution in [0.3, 0.4) is 0 Å². The SMILES string of the molecule is COc1ccsc1-c1nc(N2CCNC(C)C2)n[nH]1. The first-order valence-corrected chi connectivity index (χ1v) is 7.18. The zero-order valence-corrected chi connectivity index (χ0v) is 11.8. The molecule has 19 heavy (non-hydrogen) atoms. The number of methoxy groups -OCH3 is 1. The number of nitrogens with zero attached hydrogens (tertiary/aromatic N) is 3. The van der Waals surface area contributed by atoms with Crippen LogP contribution < -0.4 is 15.0 Å². The van der Waals surface area contributed by atoms with Crippen molar-refractivity contribution in [2.75, 3.05) is 31.6 Å². The van der Waals surface area contributed by atoms with E-state index in [0.717, 1.165) is 42.0 Å². The van der Waals surface area contributed by atoms with Crippen molar-refractivity contribution in [2.24, 2.45) is 0 Å². The van der Waals surface area contributed by atoms with Gasteiger partial charge in [0.25, 0.3) is 0 Å². The Hall–Kier alpha value is -1.60. The summed E-state index contributed by atoms with van der Waals surface area (Å²) in [4.78, 5) is 7.77. The van der Waals surface area contributed by atoms with Crippen LogP contribution in [0.5, 0.6) is 5.75 Å². The van der Waals surface area contributed by atoms with E-state index in [-0.39, 0.29) is 0 Å². The second-order valence-corrected chi connectivity index (χ2v) is 5.52. The number of ether oxygens (including phenoxy) is 1. The minimum Gasteiger partial charge on any atom is -0.495 e. The van der Waals surface area contributed by atoms with Crippen molar-refractivity contribution in [3.63, 3.8) is 0 Å². The lowest BCUT2D eigenvalue weighted by atomic mass is 10.2. The number of anilines is 1. The summed E-state index contributed by atoms with van der Waals surface area (Å²) in [6, 6.07) is 2.40. The predicted octanol–water partition coefficient (Wildman–Crippen LogP) is 1.34. The van der Waals surface area contributed by atoms with Crippen LogP contribution in [0.4, 0.5) is 5.95 Å². The molecule has 1 fully saturated rings. The van der Waals surface area contributed by atoms with Gasteiger partial charge in [0.2, 0.25) is 5.95 Å². The molecule has 1 atom stereocenters. The van der Waals surface area contributed by atoms with Crippen LogP contribution in [0.25, 0.3) is 10.7 Å². The average molecular weight is 279 g/mol. The lowest BCUT2D eigenvalue weighted by molar-refractivity contribution is 0.418. The summed E-state index contributed by atoms with van der Waals surface area (Å²) in [6.45, 7) is 5.00. The number of hydrogen-bond acceptors (Lipinski definition) is 6. The molecule has 0 radical (unpaired) electrons. The summed E-state index contributed by atoms with van der Waals surface area (Å²) in [6.07, 6.45) is 0. The number of aromatic nitrogens is 3. The van der Waals surface area contributed by atoms with E-state index in [9.17, 15) is 0 Å². The van der Waals surface area contributed by atoms with Gasteiger partial charge in [-0.15, -0.1) is 16.4 Å². The van der Waals surface area contributed by atoms with E-state index < -0.39 is 0 Å². The second-order valence-electron chi connectivity index (χ2n) is 4.60. The Labute approximate surface area is 115 Å². The van der Waals surface area contributed by atoms with Crippen LogP contribution in [0.2, 0.25) is 0 Å². The molecule has 0 bridgehead atoms. The standard InChI is InChI=1S/C12H17N5OS/c1-8-7-17(5-4-13-8)12-14-11(15-16-12)10-9(18-2)3-6-19-10/h3,6,8,13H,4-5,7H2,1-2H3,(H,14,15,16). The van der Waals surface area contributed by atoms with Crippen molar-refractivity contribution in [1.82, 2.24) is 20.5 Å². The zero-order valence-electron chi connectivity index (χ0n) is 11.0. The molecule has 7 heteroatoms. The third-order valence-electron chi connectivity index (χ3n) is 3.19. The highest BCUT2D eigenvalue weighted by atomic mass is 32.1. The number of rotatable bonds is 3.